The number of aliphatic hydroxyl groups excluding tert-OH is 1. The first-order valence-corrected chi connectivity index (χ1v) is 13.1. The molecule has 0 bridgehead atoms. The number of thiophene rings is 1. The Labute approximate surface area is 199 Å². The van der Waals surface area contributed by atoms with Crippen molar-refractivity contribution < 1.29 is 5.11 Å². The second-order valence-electron chi connectivity index (χ2n) is 8.30. The summed E-state index contributed by atoms with van der Waals surface area (Å²) in [5.74, 6) is 1.40. The number of hydrogen-bond acceptors (Lipinski definition) is 6. The number of halogens is 1. The van der Waals surface area contributed by atoms with Crippen molar-refractivity contribution in [2.45, 2.75) is 63.0 Å². The maximum atomic E-state index is 13.6. The molecule has 3 aromatic heterocycles. The average Bonchev–Trinajstić information content (AvgIpc) is 3.47. The molecule has 1 saturated carbocycles. The highest BCUT2D eigenvalue weighted by molar-refractivity contribution is 7.98. The van der Waals surface area contributed by atoms with Crippen molar-refractivity contribution in [1.29, 1.82) is 0 Å². The van der Waals surface area contributed by atoms with Crippen LogP contribution in [0.2, 0.25) is 5.02 Å². The third-order valence-electron chi connectivity index (χ3n) is 6.34. The summed E-state index contributed by atoms with van der Waals surface area (Å²) < 4.78 is 3.94. The highest BCUT2D eigenvalue weighted by atomic mass is 35.5. The molecule has 0 aliphatic heterocycles. The molecule has 1 aliphatic carbocycles. The molecule has 0 spiro atoms. The maximum Gasteiger partial charge on any atom is 0.263 e. The zero-order valence-corrected chi connectivity index (χ0v) is 20.5. The van der Waals surface area contributed by atoms with Crippen molar-refractivity contribution in [3.05, 3.63) is 49.8 Å². The lowest BCUT2D eigenvalue weighted by molar-refractivity contribution is 0.276. The van der Waals surface area contributed by atoms with Gasteiger partial charge in [0, 0.05) is 22.5 Å². The van der Waals surface area contributed by atoms with E-state index in [9.17, 15) is 9.90 Å². The van der Waals surface area contributed by atoms with Gasteiger partial charge in [-0.2, -0.15) is 0 Å². The second kappa shape index (κ2) is 8.82. The highest BCUT2D eigenvalue weighted by Crippen LogP contribution is 2.35. The quantitative estimate of drug-likeness (QED) is 0.287. The van der Waals surface area contributed by atoms with E-state index in [1.54, 1.807) is 23.1 Å². The van der Waals surface area contributed by atoms with Gasteiger partial charge in [-0.1, -0.05) is 36.2 Å². The van der Waals surface area contributed by atoms with Gasteiger partial charge in [0.2, 0.25) is 0 Å². The molecule has 32 heavy (non-hydrogen) atoms. The van der Waals surface area contributed by atoms with Crippen molar-refractivity contribution in [2.24, 2.45) is 0 Å². The van der Waals surface area contributed by atoms with Crippen molar-refractivity contribution in [3.8, 4) is 0 Å². The molecule has 6 nitrogen and oxygen atoms in total. The van der Waals surface area contributed by atoms with Crippen LogP contribution >= 0.6 is 34.7 Å². The Bertz CT molecular complexity index is 1370. The van der Waals surface area contributed by atoms with Gasteiger partial charge in [-0.15, -0.1) is 11.3 Å². The molecule has 1 fully saturated rings. The van der Waals surface area contributed by atoms with Crippen LogP contribution in [0, 0.1) is 13.8 Å². The number of aromatic nitrogens is 4. The number of benzene rings is 1. The number of nitrogens with zero attached hydrogens (tertiary/aromatic N) is 4. The Morgan fingerprint density at radius 2 is 2.03 bits per heavy atom. The molecule has 5 rings (SSSR count). The molecule has 3 heterocycles. The predicted molar refractivity (Wildman–Crippen MR) is 132 cm³/mol. The van der Waals surface area contributed by atoms with Gasteiger partial charge in [0.25, 0.3) is 5.56 Å². The van der Waals surface area contributed by atoms with Gasteiger partial charge in [0.05, 0.1) is 28.8 Å². The van der Waals surface area contributed by atoms with E-state index in [0.29, 0.717) is 17.3 Å². The number of aliphatic hydroxyl groups is 1. The van der Waals surface area contributed by atoms with E-state index >= 15 is 0 Å². The molecule has 4 aromatic rings. The zero-order chi connectivity index (χ0) is 22.4. The Kier molecular flexibility index (Phi) is 6.05. The molecule has 168 valence electrons. The fourth-order valence-electron chi connectivity index (χ4n) is 4.61. The summed E-state index contributed by atoms with van der Waals surface area (Å²) >= 11 is 9.34. The van der Waals surface area contributed by atoms with Crippen LogP contribution in [0.4, 0.5) is 0 Å². The van der Waals surface area contributed by atoms with Crippen LogP contribution in [0.3, 0.4) is 0 Å². The Morgan fingerprint density at radius 3 is 2.78 bits per heavy atom. The first-order chi connectivity index (χ1) is 15.5. The number of thioether (sulfide) groups is 1. The Balaban J connectivity index is 1.58. The lowest BCUT2D eigenvalue weighted by Crippen LogP contribution is -2.26. The number of rotatable bonds is 6. The summed E-state index contributed by atoms with van der Waals surface area (Å²) in [4.78, 5) is 25.3. The molecular weight excluding hydrogens is 464 g/mol. The molecule has 1 aliphatic rings. The Hall–Kier alpha value is -1.87. The average molecular weight is 489 g/mol. The first kappa shape index (κ1) is 21.9. The van der Waals surface area contributed by atoms with Gasteiger partial charge < -0.3 is 9.67 Å². The number of fused-ring (bicyclic) bond motifs is 2. The topological polar surface area (TPSA) is 72.9 Å². The molecule has 0 saturated heterocycles. The van der Waals surface area contributed by atoms with E-state index in [1.807, 2.05) is 34.3 Å². The monoisotopic (exact) mass is 488 g/mol. The highest BCUT2D eigenvalue weighted by Gasteiger charge is 2.25. The van der Waals surface area contributed by atoms with Crippen LogP contribution < -0.4 is 5.56 Å². The molecule has 0 unspecified atom stereocenters. The number of imidazole rings is 1. The lowest BCUT2D eigenvalue weighted by atomic mass is 10.2. The molecule has 0 amide bonds. The molecular formula is C23H25ClN4O2S2. The van der Waals surface area contributed by atoms with Crippen molar-refractivity contribution >= 4 is 55.9 Å². The van der Waals surface area contributed by atoms with Crippen molar-refractivity contribution in [3.63, 3.8) is 0 Å². The minimum Gasteiger partial charge on any atom is -0.395 e. The van der Waals surface area contributed by atoms with E-state index in [-0.39, 0.29) is 18.2 Å². The smallest absolute Gasteiger partial charge is 0.263 e. The minimum absolute atomic E-state index is 0.0143. The van der Waals surface area contributed by atoms with Gasteiger partial charge >= 0.3 is 0 Å². The van der Waals surface area contributed by atoms with Crippen molar-refractivity contribution in [1.82, 2.24) is 19.1 Å². The van der Waals surface area contributed by atoms with Gasteiger partial charge in [0.15, 0.2) is 5.16 Å². The second-order valence-corrected chi connectivity index (χ2v) is 10.9. The molecule has 0 atom stereocenters. The van der Waals surface area contributed by atoms with Gasteiger partial charge in [-0.05, 0) is 50.5 Å². The maximum absolute atomic E-state index is 13.6. The number of aryl methyl sites for hydroxylation is 2. The fourth-order valence-corrected chi connectivity index (χ4v) is 6.86. The summed E-state index contributed by atoms with van der Waals surface area (Å²) in [6, 6.07) is 5.81. The van der Waals surface area contributed by atoms with E-state index in [2.05, 4.69) is 6.92 Å². The first-order valence-electron chi connectivity index (χ1n) is 10.9. The molecule has 1 aromatic carbocycles. The predicted octanol–water partition coefficient (Wildman–Crippen LogP) is 5.48. The largest absolute Gasteiger partial charge is 0.395 e. The lowest BCUT2D eigenvalue weighted by Gasteiger charge is -2.18. The SMILES string of the molecule is Cc1sc2nc(SCc3nc4ccc(Cl)cc4n3CCO)n(C3CCCC3)c(=O)c2c1C. The van der Waals surface area contributed by atoms with Gasteiger partial charge in [-0.3, -0.25) is 9.36 Å². The zero-order valence-electron chi connectivity index (χ0n) is 18.1. The van der Waals surface area contributed by atoms with Crippen LogP contribution in [0.15, 0.2) is 28.2 Å². The van der Waals surface area contributed by atoms with Crippen LogP contribution in [0.25, 0.3) is 21.3 Å². The molecule has 0 radical (unpaired) electrons. The van der Waals surface area contributed by atoms with Crippen molar-refractivity contribution in [2.75, 3.05) is 6.61 Å². The van der Waals surface area contributed by atoms with Crippen LogP contribution in [-0.2, 0) is 12.3 Å². The third kappa shape index (κ3) is 3.77. The van der Waals surface area contributed by atoms with Crippen LogP contribution in [0.1, 0.15) is 48.0 Å². The fraction of sp³-hybridized carbons (Fsp3) is 0.435. The van der Waals surface area contributed by atoms with Crippen LogP contribution in [0.5, 0.6) is 0 Å². The Morgan fingerprint density at radius 1 is 1.25 bits per heavy atom. The van der Waals surface area contributed by atoms with Gasteiger partial charge in [0.1, 0.15) is 10.7 Å². The van der Waals surface area contributed by atoms with E-state index in [1.165, 1.54) is 0 Å². The summed E-state index contributed by atoms with van der Waals surface area (Å²) in [7, 11) is 0. The summed E-state index contributed by atoms with van der Waals surface area (Å²) in [5.41, 5.74) is 2.89. The number of hydrogen-bond donors (Lipinski definition) is 1. The minimum atomic E-state index is 0.0143. The summed E-state index contributed by atoms with van der Waals surface area (Å²) in [6.07, 6.45) is 4.33. The molecule has 1 N–H and O–H groups in total. The normalized spacial score (nSPS) is 14.9. The summed E-state index contributed by atoms with van der Waals surface area (Å²) in [5, 5.41) is 11.8. The molecule has 9 heteroatoms. The van der Waals surface area contributed by atoms with E-state index in [4.69, 9.17) is 21.6 Å². The van der Waals surface area contributed by atoms with E-state index < -0.39 is 0 Å². The summed E-state index contributed by atoms with van der Waals surface area (Å²) in [6.45, 7) is 4.53. The van der Waals surface area contributed by atoms with Crippen LogP contribution in [-0.4, -0.2) is 30.8 Å². The van der Waals surface area contributed by atoms with Gasteiger partial charge in [-0.25, -0.2) is 9.97 Å². The standard InChI is InChI=1S/C23H25ClN4O2S2/c1-13-14(2)32-21-20(13)22(30)28(16-5-3-4-6-16)23(26-21)31-12-19-25-17-8-7-15(24)11-18(17)27(19)9-10-29/h7-8,11,16,29H,3-6,9-10,12H2,1-2H3. The van der Waals surface area contributed by atoms with E-state index in [0.717, 1.165) is 68.4 Å². The third-order valence-corrected chi connectivity index (χ3v) is 8.62.